The van der Waals surface area contributed by atoms with Gasteiger partial charge in [0.05, 0.1) is 12.3 Å². The van der Waals surface area contributed by atoms with Crippen LogP contribution in [0.5, 0.6) is 5.75 Å². The van der Waals surface area contributed by atoms with Crippen LogP contribution in [0.3, 0.4) is 0 Å². The molecular formula is C22H30F2N4O4. The predicted molar refractivity (Wildman–Crippen MR) is 115 cm³/mol. The number of halogens is 2. The van der Waals surface area contributed by atoms with E-state index in [1.54, 1.807) is 6.07 Å². The van der Waals surface area contributed by atoms with Gasteiger partial charge in [-0.3, -0.25) is 14.5 Å². The van der Waals surface area contributed by atoms with Crippen LogP contribution in [0.15, 0.2) is 18.2 Å². The van der Waals surface area contributed by atoms with Crippen molar-refractivity contribution in [3.8, 4) is 5.75 Å². The van der Waals surface area contributed by atoms with Crippen molar-refractivity contribution < 1.29 is 27.8 Å². The average Bonchev–Trinajstić information content (AvgIpc) is 3.55. The molecule has 32 heavy (non-hydrogen) atoms. The largest absolute Gasteiger partial charge is 0.433 e. The monoisotopic (exact) mass is 452 g/mol. The Hall–Kier alpha value is -2.30. The maximum atomic E-state index is 13.1. The Bertz CT molecular complexity index is 832. The van der Waals surface area contributed by atoms with Crippen LogP contribution in [-0.2, 0) is 14.3 Å². The van der Waals surface area contributed by atoms with Crippen molar-refractivity contribution >= 4 is 23.2 Å². The molecule has 0 radical (unpaired) electrons. The summed E-state index contributed by atoms with van der Waals surface area (Å²) in [6, 6.07) is 4.30. The van der Waals surface area contributed by atoms with Crippen LogP contribution < -0.4 is 20.7 Å². The van der Waals surface area contributed by atoms with Crippen molar-refractivity contribution in [3.05, 3.63) is 18.2 Å². The van der Waals surface area contributed by atoms with Gasteiger partial charge >= 0.3 is 6.61 Å². The fourth-order valence-corrected chi connectivity index (χ4v) is 4.31. The second-order valence-corrected chi connectivity index (χ2v) is 8.62. The molecule has 2 saturated carbocycles. The lowest BCUT2D eigenvalue weighted by Gasteiger charge is -2.36. The molecular weight excluding hydrogens is 422 g/mol. The number of benzene rings is 1. The van der Waals surface area contributed by atoms with E-state index >= 15 is 0 Å². The number of carbonyl (C=O) groups is 2. The topological polar surface area (TPSA) is 97.1 Å². The van der Waals surface area contributed by atoms with Crippen molar-refractivity contribution in [2.24, 2.45) is 11.7 Å². The van der Waals surface area contributed by atoms with E-state index in [4.69, 9.17) is 10.5 Å². The highest BCUT2D eigenvalue weighted by molar-refractivity contribution is 5.98. The molecule has 1 aromatic carbocycles. The highest BCUT2D eigenvalue weighted by atomic mass is 19.3. The minimum Gasteiger partial charge on any atom is -0.433 e. The summed E-state index contributed by atoms with van der Waals surface area (Å²) >= 11 is 0. The standard InChI is InChI=1S/C22H30F2N4O4/c23-22(24)32-19-10-15(4-7-17(19)27-8-9-31-13-20(27)29)26-21(30)18(11-25)28(16-5-6-16)12-14-2-1-3-14/h4,7,10,14,16,18,22H,1-3,5-6,8-9,11-13,25H2,(H,26,30)/t18-/m0/s1. The minimum atomic E-state index is -3.07. The summed E-state index contributed by atoms with van der Waals surface area (Å²) in [5, 5.41) is 2.81. The number of nitrogens with two attached hydrogens (primary N) is 1. The Balaban J connectivity index is 1.50. The van der Waals surface area contributed by atoms with E-state index < -0.39 is 12.7 Å². The van der Waals surface area contributed by atoms with E-state index in [1.165, 1.54) is 36.3 Å². The SMILES string of the molecule is NC[C@@H](C(=O)Nc1ccc(N2CCOCC2=O)c(OC(F)F)c1)N(CC1CCC1)C1CC1. The lowest BCUT2D eigenvalue weighted by molar-refractivity contribution is -0.126. The average molecular weight is 453 g/mol. The first kappa shape index (κ1) is 22.9. The molecule has 0 spiro atoms. The number of morpholine rings is 1. The number of amides is 2. The second-order valence-electron chi connectivity index (χ2n) is 8.62. The smallest absolute Gasteiger partial charge is 0.387 e. The van der Waals surface area contributed by atoms with Crippen molar-refractivity contribution in [2.45, 2.75) is 50.8 Å². The molecule has 176 valence electrons. The third-order valence-electron chi connectivity index (χ3n) is 6.36. The lowest BCUT2D eigenvalue weighted by Crippen LogP contribution is -2.51. The normalized spacial score (nSPS) is 20.4. The summed E-state index contributed by atoms with van der Waals surface area (Å²) in [6.45, 7) is -1.62. The summed E-state index contributed by atoms with van der Waals surface area (Å²) < 4.78 is 35.9. The molecule has 0 bridgehead atoms. The van der Waals surface area contributed by atoms with Gasteiger partial charge in [0.2, 0.25) is 5.91 Å². The number of hydrogen-bond acceptors (Lipinski definition) is 6. The van der Waals surface area contributed by atoms with Gasteiger partial charge in [0.15, 0.2) is 5.75 Å². The van der Waals surface area contributed by atoms with E-state index in [9.17, 15) is 18.4 Å². The third-order valence-corrected chi connectivity index (χ3v) is 6.36. The highest BCUT2D eigenvalue weighted by Gasteiger charge is 2.38. The minimum absolute atomic E-state index is 0.122. The summed E-state index contributed by atoms with van der Waals surface area (Å²) in [6.07, 6.45) is 5.71. The molecule has 0 unspecified atom stereocenters. The Labute approximate surface area is 186 Å². The third kappa shape index (κ3) is 5.36. The fourth-order valence-electron chi connectivity index (χ4n) is 4.31. The van der Waals surface area contributed by atoms with E-state index in [0.717, 1.165) is 19.4 Å². The van der Waals surface area contributed by atoms with Crippen LogP contribution in [0.1, 0.15) is 32.1 Å². The van der Waals surface area contributed by atoms with Crippen molar-refractivity contribution in [2.75, 3.05) is 43.1 Å². The number of nitrogens with one attached hydrogen (secondary N) is 1. The predicted octanol–water partition coefficient (Wildman–Crippen LogP) is 2.18. The summed E-state index contributed by atoms with van der Waals surface area (Å²) in [7, 11) is 0. The zero-order valence-corrected chi connectivity index (χ0v) is 18.0. The van der Waals surface area contributed by atoms with E-state index in [0.29, 0.717) is 24.3 Å². The van der Waals surface area contributed by atoms with E-state index in [2.05, 4.69) is 15.0 Å². The van der Waals surface area contributed by atoms with E-state index in [-0.39, 0.29) is 42.9 Å². The molecule has 3 fully saturated rings. The summed E-state index contributed by atoms with van der Waals surface area (Å²) in [5.41, 5.74) is 6.51. The Morgan fingerprint density at radius 3 is 2.69 bits per heavy atom. The molecule has 4 rings (SSSR count). The molecule has 1 atom stereocenters. The molecule has 2 aliphatic carbocycles. The van der Waals surface area contributed by atoms with Crippen molar-refractivity contribution in [1.82, 2.24) is 4.90 Å². The van der Waals surface area contributed by atoms with Gasteiger partial charge in [-0.2, -0.15) is 8.78 Å². The molecule has 3 aliphatic rings. The van der Waals surface area contributed by atoms with Crippen LogP contribution in [0.25, 0.3) is 0 Å². The molecule has 10 heteroatoms. The van der Waals surface area contributed by atoms with Gasteiger partial charge in [-0.15, -0.1) is 0 Å². The Kier molecular flexibility index (Phi) is 7.22. The van der Waals surface area contributed by atoms with Crippen molar-refractivity contribution in [1.29, 1.82) is 0 Å². The van der Waals surface area contributed by atoms with Crippen LogP contribution in [0.4, 0.5) is 20.2 Å². The quantitative estimate of drug-likeness (QED) is 0.565. The molecule has 1 aromatic rings. The van der Waals surface area contributed by atoms with Gasteiger partial charge in [0.25, 0.3) is 5.91 Å². The molecule has 1 aliphatic heterocycles. The van der Waals surface area contributed by atoms with Gasteiger partial charge in [0, 0.05) is 37.4 Å². The van der Waals surface area contributed by atoms with Crippen LogP contribution in [0, 0.1) is 5.92 Å². The number of carbonyl (C=O) groups excluding carboxylic acids is 2. The fraction of sp³-hybridized carbons (Fsp3) is 0.636. The maximum Gasteiger partial charge on any atom is 0.387 e. The Morgan fingerprint density at radius 1 is 1.31 bits per heavy atom. The van der Waals surface area contributed by atoms with Gasteiger partial charge in [-0.25, -0.2) is 0 Å². The van der Waals surface area contributed by atoms with Gasteiger partial charge < -0.3 is 25.4 Å². The molecule has 3 N–H and O–H groups in total. The van der Waals surface area contributed by atoms with Crippen LogP contribution in [-0.4, -0.2) is 68.3 Å². The number of anilines is 2. The number of rotatable bonds is 10. The zero-order valence-electron chi connectivity index (χ0n) is 18.0. The molecule has 1 saturated heterocycles. The maximum absolute atomic E-state index is 13.1. The van der Waals surface area contributed by atoms with Crippen molar-refractivity contribution in [3.63, 3.8) is 0 Å². The first-order chi connectivity index (χ1) is 15.5. The zero-order chi connectivity index (χ0) is 22.7. The molecule has 8 nitrogen and oxygen atoms in total. The van der Waals surface area contributed by atoms with Crippen LogP contribution >= 0.6 is 0 Å². The van der Waals surface area contributed by atoms with Crippen LogP contribution in [0.2, 0.25) is 0 Å². The second kappa shape index (κ2) is 10.1. The van der Waals surface area contributed by atoms with Gasteiger partial charge in [-0.1, -0.05) is 6.42 Å². The van der Waals surface area contributed by atoms with E-state index in [1.807, 2.05) is 0 Å². The molecule has 0 aromatic heterocycles. The molecule has 1 heterocycles. The first-order valence-electron chi connectivity index (χ1n) is 11.2. The number of ether oxygens (including phenoxy) is 2. The Morgan fingerprint density at radius 2 is 2.09 bits per heavy atom. The lowest BCUT2D eigenvalue weighted by atomic mass is 9.84. The number of nitrogens with zero attached hydrogens (tertiary/aromatic N) is 2. The highest BCUT2D eigenvalue weighted by Crippen LogP contribution is 2.36. The van der Waals surface area contributed by atoms with Gasteiger partial charge in [-0.05, 0) is 43.7 Å². The summed E-state index contributed by atoms with van der Waals surface area (Å²) in [5.74, 6) is -0.178. The summed E-state index contributed by atoms with van der Waals surface area (Å²) in [4.78, 5) is 28.8. The van der Waals surface area contributed by atoms with Gasteiger partial charge in [0.1, 0.15) is 12.6 Å². The number of hydrogen-bond donors (Lipinski definition) is 2. The number of alkyl halides is 2. The first-order valence-corrected chi connectivity index (χ1v) is 11.2. The molecule has 2 amide bonds.